The number of carbonyl (C=O) groups is 2. The van der Waals surface area contributed by atoms with Gasteiger partial charge in [0.1, 0.15) is 10.8 Å². The maximum Gasteiger partial charge on any atom is 0.316 e. The zero-order chi connectivity index (χ0) is 26.5. The fourth-order valence-electron chi connectivity index (χ4n) is 3.76. The van der Waals surface area contributed by atoms with Crippen molar-refractivity contribution in [2.45, 2.75) is 26.1 Å². The molecule has 0 spiro atoms. The maximum atomic E-state index is 13.4. The number of urea groups is 1. The number of halogens is 1. The summed E-state index contributed by atoms with van der Waals surface area (Å²) in [5.74, 6) is -0.159. The second kappa shape index (κ2) is 11.2. The van der Waals surface area contributed by atoms with E-state index >= 15 is 0 Å². The lowest BCUT2D eigenvalue weighted by molar-refractivity contribution is -0.123. The summed E-state index contributed by atoms with van der Waals surface area (Å²) in [4.78, 5) is 30.6. The van der Waals surface area contributed by atoms with Gasteiger partial charge in [0.05, 0.1) is 16.8 Å². The monoisotopic (exact) mass is 530 g/mol. The molecule has 5 aromatic rings. The highest BCUT2D eigenvalue weighted by Crippen LogP contribution is 2.31. The van der Waals surface area contributed by atoms with Gasteiger partial charge < -0.3 is 20.4 Å². The normalized spacial score (nSPS) is 11.7. The number of fused-ring (bicyclic) bond motifs is 1. The van der Waals surface area contributed by atoms with E-state index in [4.69, 9.17) is 4.42 Å². The Bertz CT molecular complexity index is 1570. The molecule has 2 aromatic heterocycles. The number of hydrogen-bond donors (Lipinski definition) is 3. The molecule has 0 saturated heterocycles. The highest BCUT2D eigenvalue weighted by Gasteiger charge is 2.27. The van der Waals surface area contributed by atoms with E-state index in [-0.39, 0.29) is 18.3 Å². The molecule has 1 atom stereocenters. The second-order valence-corrected chi connectivity index (χ2v) is 9.48. The molecule has 0 saturated carbocycles. The van der Waals surface area contributed by atoms with Gasteiger partial charge in [-0.2, -0.15) is 0 Å². The van der Waals surface area contributed by atoms with Gasteiger partial charge in [0.2, 0.25) is 17.7 Å². The van der Waals surface area contributed by atoms with Crippen LogP contribution >= 0.6 is 11.3 Å². The number of nitrogens with zero attached hydrogens (tertiary/aromatic N) is 3. The summed E-state index contributed by atoms with van der Waals surface area (Å²) in [6.45, 7) is 1.95. The van der Waals surface area contributed by atoms with Crippen LogP contribution in [0.1, 0.15) is 28.4 Å². The topological polar surface area (TPSA) is 122 Å². The van der Waals surface area contributed by atoms with Gasteiger partial charge >= 0.3 is 6.03 Å². The molecule has 2 heterocycles. The van der Waals surface area contributed by atoms with E-state index in [9.17, 15) is 14.0 Å². The average molecular weight is 531 g/mol. The van der Waals surface area contributed by atoms with E-state index in [1.54, 1.807) is 19.1 Å². The Balaban J connectivity index is 1.37. The number of nitrogens with one attached hydrogen (secondary N) is 3. The fraction of sp³-hybridized carbons (Fsp3) is 0.148. The molecule has 3 N–H and O–H groups in total. The van der Waals surface area contributed by atoms with E-state index in [1.165, 1.54) is 23.5 Å². The molecule has 5 rings (SSSR count). The summed E-state index contributed by atoms with van der Waals surface area (Å²) in [5, 5.41) is 16.3. The third-order valence-electron chi connectivity index (χ3n) is 5.64. The Labute approximate surface area is 221 Å². The van der Waals surface area contributed by atoms with Crippen LogP contribution in [0.15, 0.2) is 77.2 Å². The zero-order valence-corrected chi connectivity index (χ0v) is 21.1. The smallest absolute Gasteiger partial charge is 0.316 e. The highest BCUT2D eigenvalue weighted by atomic mass is 32.1. The molecule has 9 nitrogen and oxygen atoms in total. The van der Waals surface area contributed by atoms with Crippen LogP contribution < -0.4 is 16.0 Å². The number of amides is 3. The highest BCUT2D eigenvalue weighted by molar-refractivity contribution is 7.18. The van der Waals surface area contributed by atoms with E-state index in [2.05, 4.69) is 31.1 Å². The number of rotatable bonds is 8. The summed E-state index contributed by atoms with van der Waals surface area (Å²) in [7, 11) is 0. The Kier molecular flexibility index (Phi) is 7.36. The van der Waals surface area contributed by atoms with E-state index in [1.807, 2.05) is 48.5 Å². The lowest BCUT2D eigenvalue weighted by Gasteiger charge is -2.16. The van der Waals surface area contributed by atoms with Gasteiger partial charge in [-0.1, -0.05) is 48.5 Å². The predicted molar refractivity (Wildman–Crippen MR) is 140 cm³/mol. The Morgan fingerprint density at radius 1 is 0.947 bits per heavy atom. The third kappa shape index (κ3) is 6.01. The van der Waals surface area contributed by atoms with Gasteiger partial charge in [0.15, 0.2) is 6.04 Å². The minimum Gasteiger partial charge on any atom is -0.424 e. The van der Waals surface area contributed by atoms with Crippen LogP contribution in [-0.2, 0) is 17.9 Å². The third-order valence-corrected chi connectivity index (χ3v) is 6.73. The summed E-state index contributed by atoms with van der Waals surface area (Å²) in [6, 6.07) is 19.7. The standard InChI is InChI=1S/C27H23FN6O3S/c1-16-33-34-23(37-16)15-29-25(35)24(32-27(36)30-14-17-5-3-2-4-6-17)26-31-21-12-9-19(13-22(21)38-26)18-7-10-20(28)11-8-18/h2-13,24H,14-15H2,1H3,(H,29,35)(H2,30,32,36). The predicted octanol–water partition coefficient (Wildman–Crippen LogP) is 4.65. The average Bonchev–Trinajstić information content (AvgIpc) is 3.55. The molecule has 0 bridgehead atoms. The van der Waals surface area contributed by atoms with Crippen molar-refractivity contribution in [3.05, 3.63) is 101 Å². The second-order valence-electron chi connectivity index (χ2n) is 8.42. The van der Waals surface area contributed by atoms with E-state index < -0.39 is 18.0 Å². The lowest BCUT2D eigenvalue weighted by Crippen LogP contribution is -2.44. The van der Waals surface area contributed by atoms with E-state index in [0.717, 1.165) is 21.4 Å². The quantitative estimate of drug-likeness (QED) is 0.268. The maximum absolute atomic E-state index is 13.4. The molecule has 38 heavy (non-hydrogen) atoms. The van der Waals surface area contributed by atoms with Crippen LogP contribution in [0.4, 0.5) is 9.18 Å². The fourth-order valence-corrected chi connectivity index (χ4v) is 4.82. The Hall–Kier alpha value is -4.64. The SMILES string of the molecule is Cc1nnc(CNC(=O)C(NC(=O)NCc2ccccc2)c2nc3ccc(-c4ccc(F)cc4)cc3s2)o1. The largest absolute Gasteiger partial charge is 0.424 e. The van der Waals surface area contributed by atoms with Crippen LogP contribution in [0, 0.1) is 12.7 Å². The summed E-state index contributed by atoms with van der Waals surface area (Å²) >= 11 is 1.29. The molecule has 0 aliphatic carbocycles. The zero-order valence-electron chi connectivity index (χ0n) is 20.3. The first-order valence-electron chi connectivity index (χ1n) is 11.8. The van der Waals surface area contributed by atoms with Crippen molar-refractivity contribution in [1.29, 1.82) is 0 Å². The van der Waals surface area contributed by atoms with Crippen molar-refractivity contribution in [3.63, 3.8) is 0 Å². The summed E-state index contributed by atoms with van der Waals surface area (Å²) < 4.78 is 19.5. The molecule has 0 aliphatic rings. The van der Waals surface area contributed by atoms with Crippen molar-refractivity contribution in [2.24, 2.45) is 0 Å². The molecule has 0 radical (unpaired) electrons. The van der Waals surface area contributed by atoms with Crippen molar-refractivity contribution in [3.8, 4) is 11.1 Å². The van der Waals surface area contributed by atoms with Gasteiger partial charge in [-0.15, -0.1) is 21.5 Å². The summed E-state index contributed by atoms with van der Waals surface area (Å²) in [6.07, 6.45) is 0. The summed E-state index contributed by atoms with van der Waals surface area (Å²) in [5.41, 5.74) is 3.33. The number of thiazole rings is 1. The van der Waals surface area contributed by atoms with Gasteiger partial charge in [-0.3, -0.25) is 4.79 Å². The van der Waals surface area contributed by atoms with Crippen molar-refractivity contribution in [2.75, 3.05) is 0 Å². The minimum atomic E-state index is -1.07. The Morgan fingerprint density at radius 2 is 1.71 bits per heavy atom. The molecule has 192 valence electrons. The van der Waals surface area contributed by atoms with Crippen LogP contribution in [0.25, 0.3) is 21.3 Å². The first kappa shape index (κ1) is 25.0. The molecule has 1 unspecified atom stereocenters. The van der Waals surface area contributed by atoms with Crippen LogP contribution in [0.2, 0.25) is 0 Å². The molecule has 3 amide bonds. The molecule has 3 aromatic carbocycles. The van der Waals surface area contributed by atoms with Gasteiger partial charge in [0.25, 0.3) is 0 Å². The number of aromatic nitrogens is 3. The van der Waals surface area contributed by atoms with Crippen molar-refractivity contribution in [1.82, 2.24) is 31.1 Å². The van der Waals surface area contributed by atoms with Crippen LogP contribution in [0.5, 0.6) is 0 Å². The molecular formula is C27H23FN6O3S. The van der Waals surface area contributed by atoms with Crippen LogP contribution in [-0.4, -0.2) is 27.1 Å². The minimum absolute atomic E-state index is 0.00307. The van der Waals surface area contributed by atoms with Gasteiger partial charge in [-0.05, 0) is 41.0 Å². The number of carbonyl (C=O) groups excluding carboxylic acids is 2. The first-order valence-corrected chi connectivity index (χ1v) is 12.6. The molecule has 0 aliphatic heterocycles. The van der Waals surface area contributed by atoms with Crippen molar-refractivity contribution < 1.29 is 18.4 Å². The Morgan fingerprint density at radius 3 is 2.45 bits per heavy atom. The van der Waals surface area contributed by atoms with Gasteiger partial charge in [-0.25, -0.2) is 14.2 Å². The number of hydrogen-bond acceptors (Lipinski definition) is 7. The first-order chi connectivity index (χ1) is 18.4. The molecular weight excluding hydrogens is 507 g/mol. The number of aryl methyl sites for hydroxylation is 1. The number of benzene rings is 3. The van der Waals surface area contributed by atoms with E-state index in [0.29, 0.717) is 23.0 Å². The lowest BCUT2D eigenvalue weighted by atomic mass is 10.1. The van der Waals surface area contributed by atoms with Crippen molar-refractivity contribution >= 4 is 33.5 Å². The van der Waals surface area contributed by atoms with Gasteiger partial charge in [0, 0.05) is 13.5 Å². The molecule has 11 heteroatoms. The van der Waals surface area contributed by atoms with Crippen LogP contribution in [0.3, 0.4) is 0 Å². The molecule has 0 fully saturated rings.